The zero-order valence-corrected chi connectivity index (χ0v) is 14.6. The van der Waals surface area contributed by atoms with Gasteiger partial charge in [0, 0.05) is 32.1 Å². The number of halogens is 1. The highest BCUT2D eigenvalue weighted by Gasteiger charge is 2.28. The summed E-state index contributed by atoms with van der Waals surface area (Å²) in [6.07, 6.45) is 2.66. The maximum atomic E-state index is 13.9. The van der Waals surface area contributed by atoms with Crippen molar-refractivity contribution in [1.82, 2.24) is 4.90 Å². The van der Waals surface area contributed by atoms with Crippen LogP contribution in [0.2, 0.25) is 0 Å². The van der Waals surface area contributed by atoms with Gasteiger partial charge < -0.3 is 15.5 Å². The molecule has 0 aliphatic carbocycles. The van der Waals surface area contributed by atoms with Gasteiger partial charge in [-0.3, -0.25) is 14.4 Å². The van der Waals surface area contributed by atoms with Crippen LogP contribution in [0.15, 0.2) is 18.2 Å². The number of amides is 3. The molecule has 0 bridgehead atoms. The number of benzene rings is 1. The third-order valence-electron chi connectivity index (χ3n) is 4.15. The molecule has 1 aromatic rings. The molecule has 1 aliphatic heterocycles. The number of rotatable bonds is 5. The second-order valence-corrected chi connectivity index (χ2v) is 6.29. The van der Waals surface area contributed by atoms with Crippen molar-refractivity contribution in [2.24, 2.45) is 5.92 Å². The summed E-state index contributed by atoms with van der Waals surface area (Å²) in [5, 5.41) is 5.13. The Morgan fingerprint density at radius 1 is 1.28 bits per heavy atom. The first-order valence-electron chi connectivity index (χ1n) is 8.56. The van der Waals surface area contributed by atoms with Crippen molar-refractivity contribution in [2.75, 3.05) is 23.7 Å². The number of hydrogen-bond acceptors (Lipinski definition) is 3. The van der Waals surface area contributed by atoms with E-state index in [1.807, 2.05) is 6.92 Å². The molecule has 0 saturated carbocycles. The molecule has 1 aromatic carbocycles. The van der Waals surface area contributed by atoms with E-state index in [1.165, 1.54) is 25.1 Å². The lowest BCUT2D eigenvalue weighted by molar-refractivity contribution is -0.134. The topological polar surface area (TPSA) is 78.5 Å². The maximum absolute atomic E-state index is 13.9. The standard InChI is InChI=1S/C18H24FN3O3/c1-3-5-17(24)22-9-4-6-13(11-22)18(25)21-16-10-14(20-12(2)23)7-8-15(16)19/h7-8,10,13H,3-6,9,11H2,1-2H3,(H,20,23)(H,21,25). The van der Waals surface area contributed by atoms with Crippen LogP contribution in [0.5, 0.6) is 0 Å². The third kappa shape index (κ3) is 5.27. The minimum absolute atomic E-state index is 0.0215. The van der Waals surface area contributed by atoms with Crippen LogP contribution in [0.3, 0.4) is 0 Å². The SMILES string of the molecule is CCCC(=O)N1CCCC(C(=O)Nc2cc(NC(C)=O)ccc2F)C1. The first-order valence-corrected chi connectivity index (χ1v) is 8.56. The average molecular weight is 349 g/mol. The highest BCUT2D eigenvalue weighted by atomic mass is 19.1. The monoisotopic (exact) mass is 349 g/mol. The molecule has 1 atom stereocenters. The molecule has 2 rings (SSSR count). The predicted molar refractivity (Wildman–Crippen MR) is 93.5 cm³/mol. The van der Waals surface area contributed by atoms with E-state index in [0.29, 0.717) is 31.6 Å². The fraction of sp³-hybridized carbons (Fsp3) is 0.500. The van der Waals surface area contributed by atoms with Gasteiger partial charge in [-0.05, 0) is 37.5 Å². The molecule has 3 amide bonds. The largest absolute Gasteiger partial charge is 0.342 e. The Bertz CT molecular complexity index is 663. The molecule has 25 heavy (non-hydrogen) atoms. The summed E-state index contributed by atoms with van der Waals surface area (Å²) in [5.41, 5.74) is 0.431. The first kappa shape index (κ1) is 18.9. The molecular formula is C18H24FN3O3. The van der Waals surface area contributed by atoms with Gasteiger partial charge in [0.1, 0.15) is 5.82 Å². The predicted octanol–water partition coefficient (Wildman–Crippen LogP) is 2.76. The number of carbonyl (C=O) groups is 3. The molecule has 1 unspecified atom stereocenters. The van der Waals surface area contributed by atoms with Gasteiger partial charge in [0.25, 0.3) is 0 Å². The van der Waals surface area contributed by atoms with E-state index in [9.17, 15) is 18.8 Å². The van der Waals surface area contributed by atoms with E-state index in [1.54, 1.807) is 4.90 Å². The van der Waals surface area contributed by atoms with Gasteiger partial charge in [-0.25, -0.2) is 4.39 Å². The molecule has 1 fully saturated rings. The van der Waals surface area contributed by atoms with Crippen molar-refractivity contribution in [3.63, 3.8) is 0 Å². The summed E-state index contributed by atoms with van der Waals surface area (Å²) in [4.78, 5) is 37.3. The van der Waals surface area contributed by atoms with Crippen LogP contribution in [-0.4, -0.2) is 35.7 Å². The molecule has 1 aliphatic rings. The van der Waals surface area contributed by atoms with Crippen LogP contribution in [0, 0.1) is 11.7 Å². The summed E-state index contributed by atoms with van der Waals surface area (Å²) in [7, 11) is 0. The maximum Gasteiger partial charge on any atom is 0.229 e. The van der Waals surface area contributed by atoms with Gasteiger partial charge in [-0.15, -0.1) is 0 Å². The molecule has 1 saturated heterocycles. The fourth-order valence-corrected chi connectivity index (χ4v) is 2.93. The van der Waals surface area contributed by atoms with Gasteiger partial charge in [0.05, 0.1) is 11.6 Å². The second-order valence-electron chi connectivity index (χ2n) is 6.29. The number of likely N-dealkylation sites (tertiary alicyclic amines) is 1. The quantitative estimate of drug-likeness (QED) is 0.858. The summed E-state index contributed by atoms with van der Waals surface area (Å²) in [6.45, 7) is 4.31. The van der Waals surface area contributed by atoms with E-state index < -0.39 is 5.82 Å². The van der Waals surface area contributed by atoms with Gasteiger partial charge in [0.2, 0.25) is 17.7 Å². The van der Waals surface area contributed by atoms with Crippen LogP contribution < -0.4 is 10.6 Å². The second kappa shape index (κ2) is 8.60. The molecule has 0 radical (unpaired) electrons. The number of carbonyl (C=O) groups excluding carboxylic acids is 3. The number of nitrogens with one attached hydrogen (secondary N) is 2. The van der Waals surface area contributed by atoms with Crippen LogP contribution >= 0.6 is 0 Å². The van der Waals surface area contributed by atoms with Crippen molar-refractivity contribution in [3.05, 3.63) is 24.0 Å². The molecule has 0 spiro atoms. The average Bonchev–Trinajstić information content (AvgIpc) is 2.57. The zero-order chi connectivity index (χ0) is 18.4. The van der Waals surface area contributed by atoms with Crippen LogP contribution in [0.25, 0.3) is 0 Å². The van der Waals surface area contributed by atoms with E-state index in [0.717, 1.165) is 12.8 Å². The fourth-order valence-electron chi connectivity index (χ4n) is 2.93. The summed E-state index contributed by atoms with van der Waals surface area (Å²) >= 11 is 0. The normalized spacial score (nSPS) is 17.1. The molecule has 7 heteroatoms. The highest BCUT2D eigenvalue weighted by Crippen LogP contribution is 2.23. The van der Waals surface area contributed by atoms with Gasteiger partial charge in [-0.2, -0.15) is 0 Å². The molecule has 6 nitrogen and oxygen atoms in total. The molecular weight excluding hydrogens is 325 g/mol. The highest BCUT2D eigenvalue weighted by molar-refractivity contribution is 5.95. The Morgan fingerprint density at radius 2 is 2.04 bits per heavy atom. The smallest absolute Gasteiger partial charge is 0.229 e. The minimum Gasteiger partial charge on any atom is -0.342 e. The van der Waals surface area contributed by atoms with Crippen LogP contribution in [-0.2, 0) is 14.4 Å². The lowest BCUT2D eigenvalue weighted by Gasteiger charge is -2.32. The lowest BCUT2D eigenvalue weighted by Crippen LogP contribution is -2.43. The van der Waals surface area contributed by atoms with Crippen molar-refractivity contribution in [1.29, 1.82) is 0 Å². The number of piperidine rings is 1. The Labute approximate surface area is 146 Å². The van der Waals surface area contributed by atoms with E-state index >= 15 is 0 Å². The Kier molecular flexibility index (Phi) is 6.50. The number of anilines is 2. The summed E-state index contributed by atoms with van der Waals surface area (Å²) < 4.78 is 13.9. The van der Waals surface area contributed by atoms with Crippen LogP contribution in [0.1, 0.15) is 39.5 Å². The molecule has 0 aromatic heterocycles. The van der Waals surface area contributed by atoms with Crippen molar-refractivity contribution in [3.8, 4) is 0 Å². The summed E-state index contributed by atoms with van der Waals surface area (Å²) in [5.74, 6) is -1.47. The summed E-state index contributed by atoms with van der Waals surface area (Å²) in [6, 6.07) is 4.01. The molecule has 136 valence electrons. The Hall–Kier alpha value is -2.44. The van der Waals surface area contributed by atoms with Crippen molar-refractivity contribution in [2.45, 2.75) is 39.5 Å². The Balaban J connectivity index is 2.03. The molecule has 2 N–H and O–H groups in total. The van der Waals surface area contributed by atoms with Crippen molar-refractivity contribution >= 4 is 29.1 Å². The van der Waals surface area contributed by atoms with E-state index in [-0.39, 0.29) is 29.3 Å². The van der Waals surface area contributed by atoms with E-state index in [4.69, 9.17) is 0 Å². The molecule has 1 heterocycles. The van der Waals surface area contributed by atoms with Gasteiger partial charge in [-0.1, -0.05) is 6.92 Å². The van der Waals surface area contributed by atoms with E-state index in [2.05, 4.69) is 10.6 Å². The lowest BCUT2D eigenvalue weighted by atomic mass is 9.96. The third-order valence-corrected chi connectivity index (χ3v) is 4.15. The minimum atomic E-state index is -0.572. The Morgan fingerprint density at radius 3 is 2.72 bits per heavy atom. The number of nitrogens with zero attached hydrogens (tertiary/aromatic N) is 1. The van der Waals surface area contributed by atoms with Crippen LogP contribution in [0.4, 0.5) is 15.8 Å². The van der Waals surface area contributed by atoms with Gasteiger partial charge >= 0.3 is 0 Å². The van der Waals surface area contributed by atoms with Gasteiger partial charge in [0.15, 0.2) is 0 Å². The van der Waals surface area contributed by atoms with Crippen molar-refractivity contribution < 1.29 is 18.8 Å². The number of hydrogen-bond donors (Lipinski definition) is 2. The zero-order valence-electron chi connectivity index (χ0n) is 14.6. The first-order chi connectivity index (χ1) is 11.9.